The topological polar surface area (TPSA) is 47.6 Å². The zero-order chi connectivity index (χ0) is 16.1. The summed E-state index contributed by atoms with van der Waals surface area (Å²) in [6, 6.07) is 9.11. The highest BCUT2D eigenvalue weighted by Crippen LogP contribution is 2.37. The number of nitrogens with zero attached hydrogens (tertiary/aromatic N) is 2. The first-order valence-electron chi connectivity index (χ1n) is 5.70. The van der Waals surface area contributed by atoms with Crippen molar-refractivity contribution < 1.29 is 17.6 Å². The molecule has 7 heteroatoms. The van der Waals surface area contributed by atoms with Crippen molar-refractivity contribution in [2.24, 2.45) is 5.41 Å². The summed E-state index contributed by atoms with van der Waals surface area (Å²) in [6.07, 6.45) is -6.83. The van der Waals surface area contributed by atoms with Gasteiger partial charge in [0.05, 0.1) is 24.0 Å². The molecular formula is C14H9ClF4N2. The molecule has 0 spiro atoms. The number of hydrogen-bond donors (Lipinski definition) is 0. The Bertz CT molecular complexity index is 592. The van der Waals surface area contributed by atoms with E-state index in [0.29, 0.717) is 10.6 Å². The minimum atomic E-state index is -4.92. The molecule has 0 atom stereocenters. The van der Waals surface area contributed by atoms with Crippen LogP contribution in [0.3, 0.4) is 0 Å². The van der Waals surface area contributed by atoms with E-state index in [-0.39, 0.29) is 6.42 Å². The molecular weight excluding hydrogens is 308 g/mol. The van der Waals surface area contributed by atoms with Gasteiger partial charge in [-0.15, -0.1) is 0 Å². The van der Waals surface area contributed by atoms with Crippen LogP contribution in [-0.2, 0) is 6.42 Å². The van der Waals surface area contributed by atoms with E-state index in [1.165, 1.54) is 24.3 Å². The van der Waals surface area contributed by atoms with Crippen LogP contribution in [0.4, 0.5) is 17.6 Å². The first kappa shape index (κ1) is 17.0. The SMILES string of the molecule is N#CC(C#N)(C/C(=C\F)C(F)(F)F)Cc1ccc(Cl)cc1. The monoisotopic (exact) mass is 316 g/mol. The highest BCUT2D eigenvalue weighted by molar-refractivity contribution is 6.30. The molecule has 1 aromatic rings. The van der Waals surface area contributed by atoms with Gasteiger partial charge < -0.3 is 0 Å². The summed E-state index contributed by atoms with van der Waals surface area (Å²) in [5.74, 6) is 0. The molecule has 1 aromatic carbocycles. The Morgan fingerprint density at radius 3 is 2.05 bits per heavy atom. The van der Waals surface area contributed by atoms with Gasteiger partial charge in [0.1, 0.15) is 0 Å². The van der Waals surface area contributed by atoms with Crippen LogP contribution in [0.1, 0.15) is 12.0 Å². The first-order valence-corrected chi connectivity index (χ1v) is 6.07. The van der Waals surface area contributed by atoms with Gasteiger partial charge in [-0.2, -0.15) is 23.7 Å². The summed E-state index contributed by atoms with van der Waals surface area (Å²) in [6.45, 7) is 0. The second-order valence-electron chi connectivity index (χ2n) is 4.42. The largest absolute Gasteiger partial charge is 0.414 e. The lowest BCUT2D eigenvalue weighted by molar-refractivity contribution is -0.0966. The molecule has 0 aliphatic carbocycles. The fourth-order valence-corrected chi connectivity index (χ4v) is 1.85. The molecule has 0 aliphatic heterocycles. The molecule has 0 aliphatic rings. The third kappa shape index (κ3) is 4.47. The second kappa shape index (κ2) is 6.60. The van der Waals surface area contributed by atoms with Crippen LogP contribution in [0.5, 0.6) is 0 Å². The minimum Gasteiger partial charge on any atom is -0.215 e. The molecule has 110 valence electrons. The quantitative estimate of drug-likeness (QED) is 0.754. The van der Waals surface area contributed by atoms with E-state index >= 15 is 0 Å². The van der Waals surface area contributed by atoms with Gasteiger partial charge in [0.25, 0.3) is 0 Å². The van der Waals surface area contributed by atoms with Crippen molar-refractivity contribution in [3.8, 4) is 12.1 Å². The fourth-order valence-electron chi connectivity index (χ4n) is 1.72. The molecule has 0 radical (unpaired) electrons. The lowest BCUT2D eigenvalue weighted by Gasteiger charge is -2.21. The Morgan fingerprint density at radius 1 is 1.14 bits per heavy atom. The van der Waals surface area contributed by atoms with E-state index < -0.39 is 29.9 Å². The van der Waals surface area contributed by atoms with Gasteiger partial charge in [-0.05, 0) is 17.7 Å². The van der Waals surface area contributed by atoms with Gasteiger partial charge in [0.15, 0.2) is 5.41 Å². The van der Waals surface area contributed by atoms with Gasteiger partial charge in [-0.3, -0.25) is 0 Å². The van der Waals surface area contributed by atoms with E-state index in [2.05, 4.69) is 0 Å². The molecule has 0 unspecified atom stereocenters. The van der Waals surface area contributed by atoms with E-state index in [1.54, 1.807) is 12.1 Å². The van der Waals surface area contributed by atoms with Crippen molar-refractivity contribution in [1.82, 2.24) is 0 Å². The number of alkyl halides is 3. The molecule has 1 rings (SSSR count). The van der Waals surface area contributed by atoms with Gasteiger partial charge in [-0.1, -0.05) is 23.7 Å². The van der Waals surface area contributed by atoms with Crippen LogP contribution in [0.2, 0.25) is 5.02 Å². The van der Waals surface area contributed by atoms with Crippen molar-refractivity contribution in [3.63, 3.8) is 0 Å². The molecule has 21 heavy (non-hydrogen) atoms. The first-order chi connectivity index (χ1) is 9.76. The normalized spacial score (nSPS) is 12.6. The highest BCUT2D eigenvalue weighted by Gasteiger charge is 2.41. The number of benzene rings is 1. The number of hydrogen-bond acceptors (Lipinski definition) is 2. The molecule has 0 amide bonds. The smallest absolute Gasteiger partial charge is 0.215 e. The van der Waals surface area contributed by atoms with Crippen molar-refractivity contribution in [2.75, 3.05) is 0 Å². The Balaban J connectivity index is 3.08. The molecule has 0 fully saturated rings. The average molecular weight is 317 g/mol. The number of halogens is 5. The summed E-state index contributed by atoms with van der Waals surface area (Å²) in [5, 5.41) is 18.6. The standard InChI is InChI=1S/C14H9ClF4N2/c15-12-3-1-10(2-4-12)5-13(8-20,9-21)6-11(7-16)14(17,18)19/h1-4,7H,5-6H2/b11-7+. The summed E-state index contributed by atoms with van der Waals surface area (Å²) in [5.41, 5.74) is -3.08. The number of allylic oxidation sites excluding steroid dienone is 1. The summed E-state index contributed by atoms with van der Waals surface area (Å²) in [7, 11) is 0. The van der Waals surface area contributed by atoms with E-state index in [9.17, 15) is 17.6 Å². The lowest BCUT2D eigenvalue weighted by Crippen LogP contribution is -2.25. The second-order valence-corrected chi connectivity index (χ2v) is 4.85. The fraction of sp³-hybridized carbons (Fsp3) is 0.286. The van der Waals surface area contributed by atoms with Crippen LogP contribution in [0, 0.1) is 28.1 Å². The van der Waals surface area contributed by atoms with Crippen LogP contribution in [0.15, 0.2) is 36.2 Å². The molecule has 0 N–H and O–H groups in total. The zero-order valence-electron chi connectivity index (χ0n) is 10.6. The van der Waals surface area contributed by atoms with E-state index in [4.69, 9.17) is 22.1 Å². The van der Waals surface area contributed by atoms with Crippen LogP contribution in [0.25, 0.3) is 0 Å². The van der Waals surface area contributed by atoms with Crippen LogP contribution < -0.4 is 0 Å². The Hall–Kier alpha value is -2.05. The average Bonchev–Trinajstić information content (AvgIpc) is 2.44. The Labute approximate surface area is 123 Å². The van der Waals surface area contributed by atoms with Gasteiger partial charge in [0.2, 0.25) is 0 Å². The van der Waals surface area contributed by atoms with Crippen molar-refractivity contribution in [1.29, 1.82) is 10.5 Å². The predicted octanol–water partition coefficient (Wildman–Crippen LogP) is 4.72. The van der Waals surface area contributed by atoms with Gasteiger partial charge in [0, 0.05) is 17.9 Å². The molecule has 0 bridgehead atoms. The van der Waals surface area contributed by atoms with Crippen molar-refractivity contribution >= 4 is 11.6 Å². The molecule has 0 aromatic heterocycles. The maximum absolute atomic E-state index is 12.6. The maximum Gasteiger partial charge on any atom is 0.414 e. The lowest BCUT2D eigenvalue weighted by atomic mass is 9.79. The summed E-state index contributed by atoms with van der Waals surface area (Å²) >= 11 is 5.68. The highest BCUT2D eigenvalue weighted by atomic mass is 35.5. The zero-order valence-corrected chi connectivity index (χ0v) is 11.3. The van der Waals surface area contributed by atoms with Crippen LogP contribution in [-0.4, -0.2) is 6.18 Å². The van der Waals surface area contributed by atoms with Crippen molar-refractivity contribution in [2.45, 2.75) is 19.0 Å². The molecule has 0 saturated carbocycles. The molecule has 0 heterocycles. The van der Waals surface area contributed by atoms with Gasteiger partial charge >= 0.3 is 6.18 Å². The third-order valence-electron chi connectivity index (χ3n) is 2.84. The Morgan fingerprint density at radius 2 is 1.67 bits per heavy atom. The number of nitriles is 2. The van der Waals surface area contributed by atoms with E-state index in [0.717, 1.165) is 0 Å². The Kier molecular flexibility index (Phi) is 5.34. The number of rotatable bonds is 4. The van der Waals surface area contributed by atoms with E-state index in [1.807, 2.05) is 0 Å². The predicted molar refractivity (Wildman–Crippen MR) is 68.7 cm³/mol. The van der Waals surface area contributed by atoms with Crippen molar-refractivity contribution in [3.05, 3.63) is 46.8 Å². The summed E-state index contributed by atoms with van der Waals surface area (Å²) in [4.78, 5) is 0. The maximum atomic E-state index is 12.6. The third-order valence-corrected chi connectivity index (χ3v) is 3.09. The molecule has 2 nitrogen and oxygen atoms in total. The van der Waals surface area contributed by atoms with Gasteiger partial charge in [-0.25, -0.2) is 4.39 Å². The minimum absolute atomic E-state index is 0.259. The van der Waals surface area contributed by atoms with Crippen LogP contribution >= 0.6 is 11.6 Å². The molecule has 0 saturated heterocycles. The summed E-state index contributed by atoms with van der Waals surface area (Å²) < 4.78 is 50.1.